The van der Waals surface area contributed by atoms with Crippen LogP contribution in [0, 0.1) is 0 Å². The number of hydrogen-bond acceptors (Lipinski definition) is 6. The van der Waals surface area contributed by atoms with E-state index in [1.807, 2.05) is 0 Å². The molecule has 83 heavy (non-hydrogen) atoms. The van der Waals surface area contributed by atoms with E-state index in [1.165, 1.54) is 250 Å². The van der Waals surface area contributed by atoms with Gasteiger partial charge in [0.2, 0.25) is 0 Å². The van der Waals surface area contributed by atoms with Crippen LogP contribution in [0.1, 0.15) is 380 Å². The van der Waals surface area contributed by atoms with Crippen molar-refractivity contribution in [2.24, 2.45) is 0 Å². The molecule has 0 radical (unpaired) electrons. The fourth-order valence-corrected chi connectivity index (χ4v) is 10.8. The molecule has 0 aliphatic carbocycles. The molecule has 1 unspecified atom stereocenters. The molecule has 0 spiro atoms. The van der Waals surface area contributed by atoms with Gasteiger partial charge in [-0.1, -0.05) is 344 Å². The number of allylic oxidation sites excluding steroid dienone is 12. The number of unbranched alkanes of at least 4 members (excludes halogenated alkanes) is 44. The summed E-state index contributed by atoms with van der Waals surface area (Å²) in [5.74, 6) is -0.856. The van der Waals surface area contributed by atoms with Crippen LogP contribution in [-0.4, -0.2) is 37.2 Å². The Balaban J connectivity index is 4.11. The third kappa shape index (κ3) is 69.5. The molecular formula is C77H138O6. The summed E-state index contributed by atoms with van der Waals surface area (Å²) in [6.45, 7) is 6.56. The Morgan fingerprint density at radius 2 is 0.470 bits per heavy atom. The van der Waals surface area contributed by atoms with Crippen molar-refractivity contribution in [1.82, 2.24) is 0 Å². The maximum Gasteiger partial charge on any atom is 0.306 e. The Bertz CT molecular complexity index is 1520. The van der Waals surface area contributed by atoms with E-state index in [9.17, 15) is 14.4 Å². The highest BCUT2D eigenvalue weighted by atomic mass is 16.6. The van der Waals surface area contributed by atoms with Gasteiger partial charge in [-0.25, -0.2) is 0 Å². The zero-order valence-corrected chi connectivity index (χ0v) is 55.5. The summed E-state index contributed by atoms with van der Waals surface area (Å²) in [7, 11) is 0. The third-order valence-electron chi connectivity index (χ3n) is 16.2. The van der Waals surface area contributed by atoms with Gasteiger partial charge < -0.3 is 14.2 Å². The molecular weight excluding hydrogens is 1020 g/mol. The number of carbonyl (C=O) groups excluding carboxylic acids is 3. The Morgan fingerprint density at radius 3 is 0.747 bits per heavy atom. The number of rotatable bonds is 67. The highest BCUT2D eigenvalue weighted by molar-refractivity contribution is 5.71. The van der Waals surface area contributed by atoms with Crippen molar-refractivity contribution in [3.63, 3.8) is 0 Å². The van der Waals surface area contributed by atoms with E-state index >= 15 is 0 Å². The SMILES string of the molecule is CC/C=C\C/C=C\C/C=C\C/C=C\C/C=C\CCCCCCCCCCCCCC(=O)OC(COC(=O)CCCCCCCCCCC)COC(=O)CCCCCCCCCCCCCCCCCCC/C=C\CCCCCCCCCC. The van der Waals surface area contributed by atoms with Crippen molar-refractivity contribution in [2.45, 2.75) is 386 Å². The summed E-state index contributed by atoms with van der Waals surface area (Å²) in [4.78, 5) is 38.3. The van der Waals surface area contributed by atoms with Crippen LogP contribution in [0.15, 0.2) is 72.9 Å². The van der Waals surface area contributed by atoms with Gasteiger partial charge in [-0.05, 0) is 89.9 Å². The molecule has 1 atom stereocenters. The minimum absolute atomic E-state index is 0.0715. The van der Waals surface area contributed by atoms with E-state index in [1.54, 1.807) is 0 Å². The fourth-order valence-electron chi connectivity index (χ4n) is 10.8. The van der Waals surface area contributed by atoms with Gasteiger partial charge in [-0.2, -0.15) is 0 Å². The lowest BCUT2D eigenvalue weighted by Crippen LogP contribution is -2.30. The number of carbonyl (C=O) groups is 3. The first kappa shape index (κ1) is 79.8. The van der Waals surface area contributed by atoms with Crippen molar-refractivity contribution >= 4 is 17.9 Å². The summed E-state index contributed by atoms with van der Waals surface area (Å²) in [6, 6.07) is 0. The molecule has 0 aromatic heterocycles. The standard InChI is InChI=1S/C77H138O6/c1-4-7-10-13-16-19-21-23-25-27-29-31-33-35-37-38-40-41-43-45-47-49-51-53-55-58-61-64-67-70-76(79)82-73-74(72-81-75(78)69-66-63-60-57-18-15-12-9-6-3)83-77(80)71-68-65-62-59-56-54-52-50-48-46-44-42-39-36-34-32-30-28-26-24-22-20-17-14-11-8-5-2/h8,11,17,20,24,26-27,29-30,32,36,39,74H,4-7,9-10,12-16,18-19,21-23,25,28,31,33-35,37-38,40-73H2,1-3H3/b11-8-,20-17-,26-24-,29-27-,32-30-,39-36-. The summed E-state index contributed by atoms with van der Waals surface area (Å²) >= 11 is 0. The van der Waals surface area contributed by atoms with E-state index in [0.717, 1.165) is 89.9 Å². The molecule has 0 aliphatic heterocycles. The second-order valence-corrected chi connectivity index (χ2v) is 24.5. The largest absolute Gasteiger partial charge is 0.462 e. The molecule has 0 aromatic carbocycles. The monoisotopic (exact) mass is 1160 g/mol. The van der Waals surface area contributed by atoms with Crippen LogP contribution in [0.5, 0.6) is 0 Å². The Labute approximate surface area is 516 Å². The van der Waals surface area contributed by atoms with E-state index in [-0.39, 0.29) is 31.1 Å². The highest BCUT2D eigenvalue weighted by Gasteiger charge is 2.19. The lowest BCUT2D eigenvalue weighted by Gasteiger charge is -2.18. The average Bonchev–Trinajstić information content (AvgIpc) is 3.49. The molecule has 0 saturated carbocycles. The summed E-state index contributed by atoms with van der Waals surface area (Å²) in [5.41, 5.74) is 0. The van der Waals surface area contributed by atoms with Gasteiger partial charge in [0.05, 0.1) is 0 Å². The molecule has 0 aliphatic rings. The van der Waals surface area contributed by atoms with Crippen LogP contribution in [0.3, 0.4) is 0 Å². The molecule has 0 saturated heterocycles. The minimum atomic E-state index is -0.775. The lowest BCUT2D eigenvalue weighted by molar-refractivity contribution is -0.167. The summed E-state index contributed by atoms with van der Waals surface area (Å²) in [6.07, 6.45) is 93.8. The number of esters is 3. The van der Waals surface area contributed by atoms with E-state index in [0.29, 0.717) is 19.3 Å². The van der Waals surface area contributed by atoms with E-state index < -0.39 is 6.10 Å². The first-order chi connectivity index (χ1) is 41.0. The minimum Gasteiger partial charge on any atom is -0.462 e. The van der Waals surface area contributed by atoms with Crippen molar-refractivity contribution in [1.29, 1.82) is 0 Å². The van der Waals surface area contributed by atoms with Gasteiger partial charge in [0.25, 0.3) is 0 Å². The Kier molecular flexibility index (Phi) is 68.6. The van der Waals surface area contributed by atoms with Gasteiger partial charge in [0, 0.05) is 19.3 Å². The highest BCUT2D eigenvalue weighted by Crippen LogP contribution is 2.18. The average molecular weight is 1160 g/mol. The smallest absolute Gasteiger partial charge is 0.306 e. The van der Waals surface area contributed by atoms with Crippen LogP contribution in [0.2, 0.25) is 0 Å². The molecule has 0 aromatic rings. The van der Waals surface area contributed by atoms with Crippen LogP contribution < -0.4 is 0 Å². The second kappa shape index (κ2) is 71.3. The second-order valence-electron chi connectivity index (χ2n) is 24.5. The quantitative estimate of drug-likeness (QED) is 0.0261. The van der Waals surface area contributed by atoms with Crippen LogP contribution in [0.4, 0.5) is 0 Å². The molecule has 0 rings (SSSR count). The van der Waals surface area contributed by atoms with E-state index in [2.05, 4.69) is 93.7 Å². The normalized spacial score (nSPS) is 12.5. The summed E-state index contributed by atoms with van der Waals surface area (Å²) < 4.78 is 17.0. The first-order valence-electron chi connectivity index (χ1n) is 36.4. The molecule has 6 heteroatoms. The van der Waals surface area contributed by atoms with Crippen LogP contribution in [0.25, 0.3) is 0 Å². The molecule has 0 amide bonds. The third-order valence-corrected chi connectivity index (χ3v) is 16.2. The first-order valence-corrected chi connectivity index (χ1v) is 36.4. The van der Waals surface area contributed by atoms with Crippen molar-refractivity contribution in [3.8, 4) is 0 Å². The van der Waals surface area contributed by atoms with Crippen molar-refractivity contribution in [3.05, 3.63) is 72.9 Å². The van der Waals surface area contributed by atoms with Gasteiger partial charge in [0.15, 0.2) is 6.10 Å². The molecule has 482 valence electrons. The van der Waals surface area contributed by atoms with Crippen LogP contribution >= 0.6 is 0 Å². The van der Waals surface area contributed by atoms with Gasteiger partial charge >= 0.3 is 17.9 Å². The maximum absolute atomic E-state index is 12.9. The lowest BCUT2D eigenvalue weighted by atomic mass is 10.0. The Hall–Kier alpha value is -3.15. The Morgan fingerprint density at radius 1 is 0.253 bits per heavy atom. The fraction of sp³-hybridized carbons (Fsp3) is 0.805. The zero-order valence-electron chi connectivity index (χ0n) is 55.5. The molecule has 0 N–H and O–H groups in total. The summed E-state index contributed by atoms with van der Waals surface area (Å²) in [5, 5.41) is 0. The molecule has 0 bridgehead atoms. The topological polar surface area (TPSA) is 78.9 Å². The molecule has 0 fully saturated rings. The van der Waals surface area contributed by atoms with Gasteiger partial charge in [0.1, 0.15) is 13.2 Å². The van der Waals surface area contributed by atoms with E-state index in [4.69, 9.17) is 14.2 Å². The van der Waals surface area contributed by atoms with Crippen molar-refractivity contribution in [2.75, 3.05) is 13.2 Å². The van der Waals surface area contributed by atoms with Gasteiger partial charge in [-0.3, -0.25) is 14.4 Å². The van der Waals surface area contributed by atoms with Gasteiger partial charge in [-0.15, -0.1) is 0 Å². The van der Waals surface area contributed by atoms with Crippen molar-refractivity contribution < 1.29 is 28.6 Å². The predicted octanol–water partition coefficient (Wildman–Crippen LogP) is 25.2. The zero-order chi connectivity index (χ0) is 59.9. The predicted molar refractivity (Wildman–Crippen MR) is 362 cm³/mol. The molecule has 0 heterocycles. The molecule has 6 nitrogen and oxygen atoms in total. The maximum atomic E-state index is 12.9. The number of hydrogen-bond donors (Lipinski definition) is 0. The number of ether oxygens (including phenoxy) is 3. The van der Waals surface area contributed by atoms with Crippen LogP contribution in [-0.2, 0) is 28.6 Å².